The van der Waals surface area contributed by atoms with E-state index >= 15 is 0 Å². The molecule has 160 valence electrons. The molecule has 3 rings (SSSR count). The highest BCUT2D eigenvalue weighted by Crippen LogP contribution is 2.19. The van der Waals surface area contributed by atoms with Gasteiger partial charge < -0.3 is 20.1 Å². The summed E-state index contributed by atoms with van der Waals surface area (Å²) in [7, 11) is 0. The quantitative estimate of drug-likeness (QED) is 0.501. The van der Waals surface area contributed by atoms with Gasteiger partial charge in [-0.2, -0.15) is 0 Å². The highest BCUT2D eigenvalue weighted by molar-refractivity contribution is 6.09. The van der Waals surface area contributed by atoms with Crippen molar-refractivity contribution in [2.75, 3.05) is 18.5 Å². The van der Waals surface area contributed by atoms with Crippen LogP contribution >= 0.6 is 0 Å². The lowest BCUT2D eigenvalue weighted by Gasteiger charge is -2.13. The minimum absolute atomic E-state index is 0.00374. The average Bonchev–Trinajstić information content (AvgIpc) is 2.77. The minimum Gasteiger partial charge on any atom is -0.490 e. The van der Waals surface area contributed by atoms with Gasteiger partial charge in [0.25, 0.3) is 11.8 Å². The van der Waals surface area contributed by atoms with Crippen LogP contribution in [-0.2, 0) is 0 Å². The summed E-state index contributed by atoms with van der Waals surface area (Å²) in [5, 5.41) is 5.66. The maximum Gasteiger partial charge on any atom is 0.255 e. The first-order chi connectivity index (χ1) is 15.0. The van der Waals surface area contributed by atoms with Gasteiger partial charge in [0.2, 0.25) is 0 Å². The van der Waals surface area contributed by atoms with Crippen LogP contribution in [0.15, 0.2) is 78.9 Å². The van der Waals surface area contributed by atoms with Crippen molar-refractivity contribution in [3.05, 3.63) is 90.0 Å². The van der Waals surface area contributed by atoms with Crippen molar-refractivity contribution < 1.29 is 19.1 Å². The van der Waals surface area contributed by atoms with Gasteiger partial charge >= 0.3 is 0 Å². The summed E-state index contributed by atoms with van der Waals surface area (Å²) in [6.07, 6.45) is 0. The van der Waals surface area contributed by atoms with Crippen LogP contribution in [0.3, 0.4) is 0 Å². The first kappa shape index (κ1) is 21.9. The van der Waals surface area contributed by atoms with E-state index in [2.05, 4.69) is 10.6 Å². The summed E-state index contributed by atoms with van der Waals surface area (Å²) in [4.78, 5) is 25.2. The molecule has 0 aliphatic carbocycles. The molecule has 0 aliphatic heterocycles. The Balaban J connectivity index is 1.60. The Labute approximate surface area is 182 Å². The summed E-state index contributed by atoms with van der Waals surface area (Å²) in [5.41, 5.74) is 1.30. The molecule has 6 heteroatoms. The number of amides is 2. The van der Waals surface area contributed by atoms with Crippen LogP contribution in [0.25, 0.3) is 0 Å². The third-order valence-corrected chi connectivity index (χ3v) is 4.30. The summed E-state index contributed by atoms with van der Waals surface area (Å²) >= 11 is 0. The van der Waals surface area contributed by atoms with Crippen LogP contribution < -0.4 is 20.1 Å². The number of rotatable bonds is 9. The number of nitrogens with one attached hydrogen (secondary N) is 2. The van der Waals surface area contributed by atoms with E-state index in [1.807, 2.05) is 44.2 Å². The fraction of sp³-hybridized carbons (Fsp3) is 0.200. The van der Waals surface area contributed by atoms with Crippen LogP contribution in [0.2, 0.25) is 0 Å². The predicted molar refractivity (Wildman–Crippen MR) is 121 cm³/mol. The molecule has 0 atom stereocenters. The molecular weight excluding hydrogens is 392 g/mol. The van der Waals surface area contributed by atoms with Gasteiger partial charge in [0.15, 0.2) is 0 Å². The summed E-state index contributed by atoms with van der Waals surface area (Å²) < 4.78 is 11.3. The third kappa shape index (κ3) is 6.60. The van der Waals surface area contributed by atoms with E-state index in [0.29, 0.717) is 35.8 Å². The molecular formula is C25H26N2O4. The molecule has 0 unspecified atom stereocenters. The van der Waals surface area contributed by atoms with E-state index in [4.69, 9.17) is 9.47 Å². The Morgan fingerprint density at radius 2 is 1.42 bits per heavy atom. The highest BCUT2D eigenvalue weighted by Gasteiger charge is 2.15. The van der Waals surface area contributed by atoms with Crippen LogP contribution in [0.5, 0.6) is 11.5 Å². The Morgan fingerprint density at radius 3 is 2.16 bits per heavy atom. The third-order valence-electron chi connectivity index (χ3n) is 4.30. The lowest BCUT2D eigenvalue weighted by Crippen LogP contribution is -2.31. The molecule has 0 heterocycles. The predicted octanol–water partition coefficient (Wildman–Crippen LogP) is 4.53. The molecule has 0 spiro atoms. The zero-order chi connectivity index (χ0) is 22.1. The van der Waals surface area contributed by atoms with Gasteiger partial charge in [0, 0.05) is 11.6 Å². The first-order valence-electron chi connectivity index (χ1n) is 10.1. The van der Waals surface area contributed by atoms with E-state index in [-0.39, 0.29) is 17.9 Å². The number of carbonyl (C=O) groups is 2. The summed E-state index contributed by atoms with van der Waals surface area (Å²) in [6.45, 7) is 4.50. The van der Waals surface area contributed by atoms with Gasteiger partial charge in [-0.1, -0.05) is 36.4 Å². The van der Waals surface area contributed by atoms with Gasteiger partial charge in [-0.25, -0.2) is 0 Å². The fourth-order valence-corrected chi connectivity index (χ4v) is 2.89. The molecule has 2 N–H and O–H groups in total. The SMILES string of the molecule is CC(C)NC(=O)c1ccccc1NC(=O)c1cccc(OCCOc2ccccc2)c1. The van der Waals surface area contributed by atoms with Crippen molar-refractivity contribution in [1.29, 1.82) is 0 Å². The summed E-state index contributed by atoms with van der Waals surface area (Å²) in [5.74, 6) is 0.784. The van der Waals surface area contributed by atoms with Crippen molar-refractivity contribution in [3.63, 3.8) is 0 Å². The molecule has 0 aromatic heterocycles. The fourth-order valence-electron chi connectivity index (χ4n) is 2.89. The monoisotopic (exact) mass is 418 g/mol. The van der Waals surface area contributed by atoms with Crippen LogP contribution in [-0.4, -0.2) is 31.1 Å². The molecule has 0 bridgehead atoms. The number of para-hydroxylation sites is 2. The molecule has 3 aromatic carbocycles. The van der Waals surface area contributed by atoms with Crippen molar-refractivity contribution in [3.8, 4) is 11.5 Å². The van der Waals surface area contributed by atoms with Crippen molar-refractivity contribution in [2.24, 2.45) is 0 Å². The zero-order valence-electron chi connectivity index (χ0n) is 17.6. The molecule has 3 aromatic rings. The summed E-state index contributed by atoms with van der Waals surface area (Å²) in [6, 6.07) is 23.3. The largest absolute Gasteiger partial charge is 0.490 e. The molecule has 31 heavy (non-hydrogen) atoms. The maximum absolute atomic E-state index is 12.8. The second kappa shape index (κ2) is 10.8. The van der Waals surface area contributed by atoms with Gasteiger partial charge in [0.05, 0.1) is 11.3 Å². The number of anilines is 1. The normalized spacial score (nSPS) is 10.4. The lowest BCUT2D eigenvalue weighted by molar-refractivity contribution is 0.0944. The topological polar surface area (TPSA) is 76.7 Å². The number of hydrogen-bond acceptors (Lipinski definition) is 4. The van der Waals surface area contributed by atoms with Gasteiger partial charge in [0.1, 0.15) is 24.7 Å². The highest BCUT2D eigenvalue weighted by atomic mass is 16.5. The minimum atomic E-state index is -0.323. The van der Waals surface area contributed by atoms with Gasteiger partial charge in [-0.05, 0) is 56.3 Å². The Bertz CT molecular complexity index is 1020. The van der Waals surface area contributed by atoms with Gasteiger partial charge in [-0.15, -0.1) is 0 Å². The lowest BCUT2D eigenvalue weighted by atomic mass is 10.1. The second-order valence-corrected chi connectivity index (χ2v) is 7.17. The van der Waals surface area contributed by atoms with Crippen molar-refractivity contribution in [1.82, 2.24) is 5.32 Å². The average molecular weight is 418 g/mol. The molecule has 0 fully saturated rings. The molecule has 0 aliphatic rings. The Morgan fingerprint density at radius 1 is 0.774 bits per heavy atom. The standard InChI is InChI=1S/C25H26N2O4/c1-18(2)26-25(29)22-13-6-7-14-23(22)27-24(28)19-9-8-12-21(17-19)31-16-15-30-20-10-4-3-5-11-20/h3-14,17-18H,15-16H2,1-2H3,(H,26,29)(H,27,28). The molecule has 0 saturated heterocycles. The number of ether oxygens (including phenoxy) is 2. The van der Waals surface area contributed by atoms with Gasteiger partial charge in [-0.3, -0.25) is 9.59 Å². The molecule has 6 nitrogen and oxygen atoms in total. The smallest absolute Gasteiger partial charge is 0.255 e. The zero-order valence-corrected chi connectivity index (χ0v) is 17.6. The molecule has 2 amide bonds. The van der Waals surface area contributed by atoms with E-state index in [1.165, 1.54) is 0 Å². The Kier molecular flexibility index (Phi) is 7.65. The molecule has 0 radical (unpaired) electrons. The van der Waals surface area contributed by atoms with E-state index in [0.717, 1.165) is 5.75 Å². The van der Waals surface area contributed by atoms with Crippen LogP contribution in [0.1, 0.15) is 34.6 Å². The van der Waals surface area contributed by atoms with E-state index in [1.54, 1.807) is 48.5 Å². The number of carbonyl (C=O) groups excluding carboxylic acids is 2. The maximum atomic E-state index is 12.8. The van der Waals surface area contributed by atoms with Crippen molar-refractivity contribution >= 4 is 17.5 Å². The first-order valence-corrected chi connectivity index (χ1v) is 10.1. The molecule has 0 saturated carbocycles. The Hall–Kier alpha value is -3.80. The number of hydrogen-bond donors (Lipinski definition) is 2. The van der Waals surface area contributed by atoms with Crippen LogP contribution in [0.4, 0.5) is 5.69 Å². The van der Waals surface area contributed by atoms with Crippen molar-refractivity contribution in [2.45, 2.75) is 19.9 Å². The van der Waals surface area contributed by atoms with Crippen LogP contribution in [0, 0.1) is 0 Å². The number of benzene rings is 3. The van der Waals surface area contributed by atoms with E-state index < -0.39 is 0 Å². The second-order valence-electron chi connectivity index (χ2n) is 7.17. The van der Waals surface area contributed by atoms with E-state index in [9.17, 15) is 9.59 Å².